The molecule has 1 unspecified atom stereocenters. The van der Waals surface area contributed by atoms with Gasteiger partial charge in [0.15, 0.2) is 12.3 Å². The molecule has 1 aliphatic rings. The maximum Gasteiger partial charge on any atom is 0.279 e. The van der Waals surface area contributed by atoms with Crippen LogP contribution in [0.1, 0.15) is 24.6 Å². The molecule has 2 heterocycles. The molecule has 0 radical (unpaired) electrons. The third-order valence-corrected chi connectivity index (χ3v) is 5.34. The summed E-state index contributed by atoms with van der Waals surface area (Å²) < 4.78 is 8.11. The Balaban J connectivity index is 1.43. The van der Waals surface area contributed by atoms with Crippen molar-refractivity contribution in [3.63, 3.8) is 0 Å². The van der Waals surface area contributed by atoms with E-state index in [-0.39, 0.29) is 5.91 Å². The minimum absolute atomic E-state index is 0.0141. The molecule has 0 saturated carbocycles. The van der Waals surface area contributed by atoms with E-state index in [4.69, 9.17) is 4.74 Å². The molecule has 28 heavy (non-hydrogen) atoms. The van der Waals surface area contributed by atoms with Gasteiger partial charge in [0.05, 0.1) is 17.9 Å². The average Bonchev–Trinajstić information content (AvgIpc) is 3.32. The summed E-state index contributed by atoms with van der Waals surface area (Å²) in [5.41, 5.74) is 2.00. The number of aromatic nitrogens is 1. The molecule has 5 heteroatoms. The molecule has 3 aromatic rings. The van der Waals surface area contributed by atoms with Crippen LogP contribution in [0.15, 0.2) is 72.9 Å². The summed E-state index contributed by atoms with van der Waals surface area (Å²) >= 11 is 0. The van der Waals surface area contributed by atoms with Crippen LogP contribution < -0.4 is 15.0 Å². The Morgan fingerprint density at radius 2 is 1.89 bits per heavy atom. The van der Waals surface area contributed by atoms with E-state index in [1.807, 2.05) is 54.6 Å². The minimum Gasteiger partial charge on any atom is -0.455 e. The zero-order valence-corrected chi connectivity index (χ0v) is 16.1. The summed E-state index contributed by atoms with van der Waals surface area (Å²) in [6.07, 6.45) is 4.34. The van der Waals surface area contributed by atoms with E-state index in [2.05, 4.69) is 35.3 Å². The van der Waals surface area contributed by atoms with Gasteiger partial charge in [-0.25, -0.2) is 0 Å². The zero-order chi connectivity index (χ0) is 19.3. The molecular weight excluding hydrogens is 350 g/mol. The lowest BCUT2D eigenvalue weighted by Crippen LogP contribution is -3.11. The summed E-state index contributed by atoms with van der Waals surface area (Å²) in [6, 6.07) is 21.8. The van der Waals surface area contributed by atoms with Gasteiger partial charge >= 0.3 is 0 Å². The third-order valence-electron chi connectivity index (χ3n) is 5.34. The molecule has 4 rings (SSSR count). The van der Waals surface area contributed by atoms with Gasteiger partial charge in [-0.15, -0.1) is 0 Å². The number of aryl methyl sites for hydroxylation is 1. The van der Waals surface area contributed by atoms with E-state index in [9.17, 15) is 4.79 Å². The lowest BCUT2D eigenvalue weighted by Gasteiger charge is -2.22. The molecule has 2 atom stereocenters. The summed E-state index contributed by atoms with van der Waals surface area (Å²) in [5, 5.41) is 3.05. The molecule has 0 spiro atoms. The maximum absolute atomic E-state index is 12.8. The fraction of sp³-hybridized carbons (Fsp3) is 0.261. The van der Waals surface area contributed by atoms with Crippen LogP contribution in [0.5, 0.6) is 11.5 Å². The molecule has 5 nitrogen and oxygen atoms in total. The Morgan fingerprint density at radius 3 is 2.68 bits per heavy atom. The highest BCUT2D eigenvalue weighted by atomic mass is 16.5. The van der Waals surface area contributed by atoms with Crippen molar-refractivity contribution < 1.29 is 14.4 Å². The number of carbonyl (C=O) groups excluding carboxylic acids is 1. The van der Waals surface area contributed by atoms with Crippen molar-refractivity contribution in [1.82, 2.24) is 4.57 Å². The lowest BCUT2D eigenvalue weighted by molar-refractivity contribution is -0.910. The molecule has 0 bridgehead atoms. The number of likely N-dealkylation sites (tertiary alicyclic amines) is 1. The van der Waals surface area contributed by atoms with Crippen molar-refractivity contribution in [3.8, 4) is 11.5 Å². The van der Waals surface area contributed by atoms with Gasteiger partial charge in [0.25, 0.3) is 5.91 Å². The molecule has 144 valence electrons. The summed E-state index contributed by atoms with van der Waals surface area (Å²) in [7, 11) is 2.07. The first-order chi connectivity index (χ1) is 13.7. The maximum atomic E-state index is 12.8. The number of carbonyl (C=O) groups is 1. The van der Waals surface area contributed by atoms with Gasteiger partial charge in [-0.3, -0.25) is 4.79 Å². The van der Waals surface area contributed by atoms with Crippen LogP contribution in [0, 0.1) is 0 Å². The molecule has 1 amide bonds. The van der Waals surface area contributed by atoms with E-state index in [0.29, 0.717) is 24.0 Å². The number of para-hydroxylation sites is 3. The van der Waals surface area contributed by atoms with Crippen LogP contribution in [-0.2, 0) is 11.8 Å². The lowest BCUT2D eigenvalue weighted by atomic mass is 10.1. The normalized spacial score (nSPS) is 18.8. The number of benzene rings is 2. The second-order valence-corrected chi connectivity index (χ2v) is 7.28. The van der Waals surface area contributed by atoms with Gasteiger partial charge in [-0.2, -0.15) is 0 Å². The largest absolute Gasteiger partial charge is 0.455 e. The summed E-state index contributed by atoms with van der Waals surface area (Å²) in [4.78, 5) is 14.1. The zero-order valence-electron chi connectivity index (χ0n) is 16.1. The van der Waals surface area contributed by atoms with Crippen molar-refractivity contribution in [2.24, 2.45) is 7.05 Å². The molecule has 1 saturated heterocycles. The SMILES string of the molecule is Cn1cccc1[C@H]1CCC[NH+]1CC(=O)Nc1ccccc1Oc1ccccc1. The first-order valence-electron chi connectivity index (χ1n) is 9.78. The highest BCUT2D eigenvalue weighted by Crippen LogP contribution is 2.29. The Kier molecular flexibility index (Phi) is 5.44. The Bertz CT molecular complexity index is 936. The number of nitrogens with one attached hydrogen (secondary N) is 2. The van der Waals surface area contributed by atoms with Crippen molar-refractivity contribution in [2.75, 3.05) is 18.4 Å². The molecule has 2 N–H and O–H groups in total. The smallest absolute Gasteiger partial charge is 0.279 e. The number of hydrogen-bond acceptors (Lipinski definition) is 2. The second-order valence-electron chi connectivity index (χ2n) is 7.28. The van der Waals surface area contributed by atoms with Gasteiger partial charge in [-0.1, -0.05) is 30.3 Å². The Morgan fingerprint density at radius 1 is 1.11 bits per heavy atom. The van der Waals surface area contributed by atoms with Crippen molar-refractivity contribution in [3.05, 3.63) is 78.6 Å². The fourth-order valence-electron chi connectivity index (χ4n) is 3.99. The van der Waals surface area contributed by atoms with Crippen LogP contribution in [0.25, 0.3) is 0 Å². The summed E-state index contributed by atoms with van der Waals surface area (Å²) in [6.45, 7) is 1.47. The first-order valence-corrected chi connectivity index (χ1v) is 9.78. The molecule has 1 aromatic heterocycles. The quantitative estimate of drug-likeness (QED) is 0.694. The molecule has 0 aliphatic carbocycles. The number of ether oxygens (including phenoxy) is 1. The van der Waals surface area contributed by atoms with Crippen molar-refractivity contribution in [1.29, 1.82) is 0 Å². The predicted octanol–water partition coefficient (Wildman–Crippen LogP) is 3.18. The molecule has 1 aliphatic heterocycles. The Labute approximate surface area is 165 Å². The topological polar surface area (TPSA) is 47.7 Å². The minimum atomic E-state index is 0.0141. The van der Waals surface area contributed by atoms with Crippen LogP contribution in [0.3, 0.4) is 0 Å². The predicted molar refractivity (Wildman–Crippen MR) is 110 cm³/mol. The van der Waals surface area contributed by atoms with Crippen LogP contribution >= 0.6 is 0 Å². The van der Waals surface area contributed by atoms with Gasteiger partial charge < -0.3 is 19.5 Å². The highest BCUT2D eigenvalue weighted by Gasteiger charge is 2.33. The van der Waals surface area contributed by atoms with Crippen molar-refractivity contribution in [2.45, 2.75) is 18.9 Å². The van der Waals surface area contributed by atoms with E-state index in [1.54, 1.807) is 0 Å². The highest BCUT2D eigenvalue weighted by molar-refractivity contribution is 5.93. The second kappa shape index (κ2) is 8.31. The van der Waals surface area contributed by atoms with Crippen LogP contribution in [0.2, 0.25) is 0 Å². The number of anilines is 1. The number of amides is 1. The Hall–Kier alpha value is -3.05. The number of hydrogen-bond donors (Lipinski definition) is 2. The van der Waals surface area contributed by atoms with Gasteiger partial charge in [0.2, 0.25) is 0 Å². The number of rotatable bonds is 6. The van der Waals surface area contributed by atoms with Crippen molar-refractivity contribution >= 4 is 11.6 Å². The monoisotopic (exact) mass is 376 g/mol. The fourth-order valence-corrected chi connectivity index (χ4v) is 3.99. The van der Waals surface area contributed by atoms with Gasteiger partial charge in [-0.05, 0) is 36.4 Å². The third kappa shape index (κ3) is 4.10. The molecule has 2 aromatic carbocycles. The van der Waals surface area contributed by atoms with E-state index < -0.39 is 0 Å². The summed E-state index contributed by atoms with van der Waals surface area (Å²) in [5.74, 6) is 1.41. The number of nitrogens with zero attached hydrogens (tertiary/aromatic N) is 1. The van der Waals surface area contributed by atoms with Gasteiger partial charge in [0.1, 0.15) is 11.8 Å². The van der Waals surface area contributed by atoms with E-state index in [0.717, 1.165) is 25.1 Å². The molecular formula is C23H26N3O2+. The van der Waals surface area contributed by atoms with Crippen LogP contribution in [-0.4, -0.2) is 23.6 Å². The number of quaternary nitrogens is 1. The van der Waals surface area contributed by atoms with Gasteiger partial charge in [0, 0.05) is 26.1 Å². The van der Waals surface area contributed by atoms with E-state index >= 15 is 0 Å². The average molecular weight is 376 g/mol. The standard InChI is InChI=1S/C23H25N3O2/c1-25-15-7-12-20(25)21-13-8-16-26(21)17-23(27)24-19-11-5-6-14-22(19)28-18-9-3-2-4-10-18/h2-7,9-12,14-15,21H,8,13,16-17H2,1H3,(H,24,27)/p+1/t21-/m1/s1. The molecule has 1 fully saturated rings. The van der Waals surface area contributed by atoms with E-state index in [1.165, 1.54) is 10.6 Å². The van der Waals surface area contributed by atoms with Crippen LogP contribution in [0.4, 0.5) is 5.69 Å². The first kappa shape index (κ1) is 18.3.